The van der Waals surface area contributed by atoms with E-state index in [1.54, 1.807) is 0 Å². The van der Waals surface area contributed by atoms with Crippen molar-refractivity contribution in [2.75, 3.05) is 0 Å². The van der Waals surface area contributed by atoms with Crippen molar-refractivity contribution in [1.29, 1.82) is 0 Å². The molecule has 0 aromatic rings. The van der Waals surface area contributed by atoms with Crippen molar-refractivity contribution in [1.82, 2.24) is 0 Å². The Hall–Kier alpha value is -0.190. The van der Waals surface area contributed by atoms with Crippen molar-refractivity contribution in [2.24, 2.45) is 0 Å². The monoisotopic (exact) mass is 160 g/mol. The lowest BCUT2D eigenvalue weighted by atomic mass is 11.7. The van der Waals surface area contributed by atoms with E-state index in [-0.39, 0.29) is 6.47 Å². The van der Waals surface area contributed by atoms with Crippen LogP contribution in [-0.2, 0) is 14.5 Å². The van der Waals surface area contributed by atoms with Gasteiger partial charge < -0.3 is 5.11 Å². The Morgan fingerprint density at radius 2 is 1.50 bits per heavy atom. The molecule has 0 saturated heterocycles. The molecule has 0 spiro atoms. The molecule has 1 atom stereocenters. The molecule has 0 fully saturated rings. The molecule has 0 heterocycles. The zero-order valence-electron chi connectivity index (χ0n) is 3.68. The molecule has 0 saturated carbocycles. The van der Waals surface area contributed by atoms with Crippen molar-refractivity contribution >= 4 is 24.7 Å². The molecular weight excluding hydrogens is 155 g/mol. The minimum atomic E-state index is -3.75. The number of hydrogen-bond acceptors (Lipinski definition) is 3. The van der Waals surface area contributed by atoms with E-state index in [1.165, 1.54) is 8.44 Å². The van der Waals surface area contributed by atoms with Crippen LogP contribution in [-0.4, -0.2) is 24.5 Å². The Balaban J connectivity index is 0. The third kappa shape index (κ3) is 3720. The van der Waals surface area contributed by atoms with Gasteiger partial charge in [0, 0.05) is 8.44 Å². The van der Waals surface area contributed by atoms with Crippen LogP contribution in [0.15, 0.2) is 0 Å². The lowest BCUT2D eigenvalue weighted by Gasteiger charge is -1.69. The third-order valence-electron chi connectivity index (χ3n) is 0. The van der Waals surface area contributed by atoms with Crippen LogP contribution in [0, 0.1) is 0 Å². The van der Waals surface area contributed by atoms with Crippen LogP contribution in [0.3, 0.4) is 0 Å². The van der Waals surface area contributed by atoms with E-state index in [0.717, 1.165) is 0 Å². The summed E-state index contributed by atoms with van der Waals surface area (Å²) in [5, 5.41) is 6.89. The van der Waals surface area contributed by atoms with E-state index in [2.05, 4.69) is 0 Å². The molecule has 0 amide bonds. The van der Waals surface area contributed by atoms with E-state index in [4.69, 9.17) is 22.9 Å². The van der Waals surface area contributed by atoms with Crippen molar-refractivity contribution in [3.05, 3.63) is 0 Å². The molecule has 1 unspecified atom stereocenters. The largest absolute Gasteiger partial charge is 0.483 e. The fourth-order valence-corrected chi connectivity index (χ4v) is 0. The standard InChI is InChI=1S/CH2O2.H3O3PS/c2-1-3;1-5(2,3)4/h1H,(H,2,3);4H2,(H,1,2,3). The van der Waals surface area contributed by atoms with Crippen molar-refractivity contribution < 1.29 is 22.9 Å². The Bertz CT molecular complexity index is 127. The zero-order valence-corrected chi connectivity index (χ0v) is 5.65. The first-order valence-electron chi connectivity index (χ1n) is 1.25. The molecule has 0 aromatic heterocycles. The van der Waals surface area contributed by atoms with Crippen molar-refractivity contribution in [3.8, 4) is 0 Å². The van der Waals surface area contributed by atoms with Crippen molar-refractivity contribution in [3.63, 3.8) is 0 Å². The quantitative estimate of drug-likeness (QED) is 0.279. The fraction of sp³-hybridized carbons (Fsp3) is 0. The highest BCUT2D eigenvalue weighted by Crippen LogP contribution is 1.89. The van der Waals surface area contributed by atoms with Gasteiger partial charge in [-0.25, -0.2) is 0 Å². The Morgan fingerprint density at radius 3 is 1.50 bits per heavy atom. The average molecular weight is 160 g/mol. The summed E-state index contributed by atoms with van der Waals surface area (Å²) < 4.78 is 25.8. The molecular formula is CH5O5PS. The molecule has 0 aliphatic rings. The summed E-state index contributed by atoms with van der Waals surface area (Å²) in [6.45, 7) is -0.250. The topological polar surface area (TPSA) is 91.7 Å². The molecule has 0 aliphatic heterocycles. The number of hydrogen-bond donors (Lipinski definition) is 2. The van der Waals surface area contributed by atoms with Crippen molar-refractivity contribution in [2.45, 2.75) is 0 Å². The SMILES string of the molecule is O=CO.O=S(=O)(O)P. The second-order valence-electron chi connectivity index (χ2n) is 0.620. The van der Waals surface area contributed by atoms with Crippen LogP contribution in [0.1, 0.15) is 0 Å². The van der Waals surface area contributed by atoms with Gasteiger partial charge in [-0.2, -0.15) is 8.42 Å². The molecule has 0 rings (SSSR count). The first-order valence-corrected chi connectivity index (χ1v) is 4.16. The van der Waals surface area contributed by atoms with Crippen LogP contribution in [0.25, 0.3) is 0 Å². The lowest BCUT2D eigenvalue weighted by molar-refractivity contribution is -0.122. The Labute approximate surface area is 48.4 Å². The predicted octanol–water partition coefficient (Wildman–Crippen LogP) is -0.635. The Kier molecular flexibility index (Phi) is 6.65. The second kappa shape index (κ2) is 4.96. The van der Waals surface area contributed by atoms with Crippen LogP contribution < -0.4 is 0 Å². The van der Waals surface area contributed by atoms with E-state index in [0.29, 0.717) is 0 Å². The third-order valence-corrected chi connectivity index (χ3v) is 0. The first kappa shape index (κ1) is 10.7. The van der Waals surface area contributed by atoms with Gasteiger partial charge in [0.05, 0.1) is 0 Å². The molecule has 7 heteroatoms. The van der Waals surface area contributed by atoms with E-state index in [9.17, 15) is 0 Å². The maximum atomic E-state index is 9.15. The van der Waals surface area contributed by atoms with Crippen LogP contribution in [0.4, 0.5) is 0 Å². The lowest BCUT2D eigenvalue weighted by Crippen LogP contribution is -1.76. The van der Waals surface area contributed by atoms with Gasteiger partial charge in [0.25, 0.3) is 16.2 Å². The maximum absolute atomic E-state index is 9.15. The second-order valence-corrected chi connectivity index (χ2v) is 3.44. The highest BCUT2D eigenvalue weighted by Gasteiger charge is 1.81. The van der Waals surface area contributed by atoms with Gasteiger partial charge in [0.2, 0.25) is 0 Å². The molecule has 0 aromatic carbocycles. The van der Waals surface area contributed by atoms with Gasteiger partial charge in [-0.05, 0) is 0 Å². The highest BCUT2D eigenvalue weighted by atomic mass is 32.7. The molecule has 2 N–H and O–H groups in total. The van der Waals surface area contributed by atoms with Gasteiger partial charge in [-0.1, -0.05) is 0 Å². The summed E-state index contributed by atoms with van der Waals surface area (Å²) in [6.07, 6.45) is 0. The summed E-state index contributed by atoms with van der Waals surface area (Å²) >= 11 is 0. The van der Waals surface area contributed by atoms with Crippen LogP contribution in [0.2, 0.25) is 0 Å². The predicted molar refractivity (Wildman–Crippen MR) is 30.0 cm³/mol. The molecule has 50 valence electrons. The molecule has 0 aliphatic carbocycles. The van der Waals surface area contributed by atoms with E-state index >= 15 is 0 Å². The highest BCUT2D eigenvalue weighted by molar-refractivity contribution is 8.34. The number of carboxylic acid groups (broad SMARTS) is 1. The minimum absolute atomic E-state index is 0.250. The van der Waals surface area contributed by atoms with Gasteiger partial charge in [-0.15, -0.1) is 0 Å². The normalized spacial score (nSPS) is 8.75. The fourth-order valence-electron chi connectivity index (χ4n) is 0. The summed E-state index contributed by atoms with van der Waals surface area (Å²) in [5.41, 5.74) is 0. The van der Waals surface area contributed by atoms with Crippen LogP contribution in [0.5, 0.6) is 0 Å². The molecule has 5 nitrogen and oxygen atoms in total. The maximum Gasteiger partial charge on any atom is 0.290 e. The molecule has 0 radical (unpaired) electrons. The van der Waals surface area contributed by atoms with Crippen LogP contribution >= 0.6 is 8.44 Å². The van der Waals surface area contributed by atoms with Gasteiger partial charge in [0.1, 0.15) is 0 Å². The van der Waals surface area contributed by atoms with E-state index in [1.807, 2.05) is 0 Å². The Morgan fingerprint density at radius 1 is 1.50 bits per heavy atom. The summed E-state index contributed by atoms with van der Waals surface area (Å²) in [6, 6.07) is 0. The van der Waals surface area contributed by atoms with Gasteiger partial charge in [-0.3, -0.25) is 9.35 Å². The minimum Gasteiger partial charge on any atom is -0.483 e. The molecule has 0 bridgehead atoms. The first-order chi connectivity index (χ1) is 3.41. The van der Waals surface area contributed by atoms with E-state index < -0.39 is 9.74 Å². The number of rotatable bonds is 0. The van der Waals surface area contributed by atoms with Gasteiger partial charge >= 0.3 is 0 Å². The smallest absolute Gasteiger partial charge is 0.290 e. The average Bonchev–Trinajstić information content (AvgIpc) is 1.27. The summed E-state index contributed by atoms with van der Waals surface area (Å²) in [5.74, 6) is 0. The summed E-state index contributed by atoms with van der Waals surface area (Å²) in [7, 11) is -2.51. The molecule has 8 heavy (non-hydrogen) atoms. The number of carbonyl (C=O) groups is 1. The summed E-state index contributed by atoms with van der Waals surface area (Å²) in [4.78, 5) is 8.36. The zero-order chi connectivity index (χ0) is 7.21. The van der Waals surface area contributed by atoms with Gasteiger partial charge in [0.15, 0.2) is 0 Å².